The zero-order valence-corrected chi connectivity index (χ0v) is 15.5. The van der Waals surface area contributed by atoms with Crippen molar-refractivity contribution in [1.29, 1.82) is 0 Å². The molecule has 0 spiro atoms. The van der Waals surface area contributed by atoms with Gasteiger partial charge < -0.3 is 10.2 Å². The number of unbranched alkanes of at least 4 members (excludes halogenated alkanes) is 3. The second kappa shape index (κ2) is 11.2. The Bertz CT molecular complexity index is 362. The summed E-state index contributed by atoms with van der Waals surface area (Å²) in [5, 5.41) is 3.51. The van der Waals surface area contributed by atoms with Gasteiger partial charge in [-0.3, -0.25) is 0 Å². The Morgan fingerprint density at radius 2 is 1.71 bits per heavy atom. The van der Waals surface area contributed by atoms with Crippen molar-refractivity contribution in [3.63, 3.8) is 0 Å². The fourth-order valence-corrected chi connectivity index (χ4v) is 2.62. The second-order valence-corrected chi connectivity index (χ2v) is 7.29. The molecule has 1 N–H and O–H groups in total. The molecular weight excluding hydrogens is 324 g/mol. The lowest BCUT2D eigenvalue weighted by molar-refractivity contribution is 0.316. The van der Waals surface area contributed by atoms with E-state index in [-0.39, 0.29) is 0 Å². The van der Waals surface area contributed by atoms with Crippen molar-refractivity contribution >= 4 is 15.9 Å². The van der Waals surface area contributed by atoms with Crippen LogP contribution < -0.4 is 5.32 Å². The maximum Gasteiger partial charge on any atom is 0.0230 e. The van der Waals surface area contributed by atoms with E-state index in [1.54, 1.807) is 0 Å². The van der Waals surface area contributed by atoms with Crippen LogP contribution in [0.2, 0.25) is 0 Å². The fraction of sp³-hybridized carbons (Fsp3) is 0.667. The molecule has 1 aromatic carbocycles. The maximum absolute atomic E-state index is 3.51. The lowest BCUT2D eigenvalue weighted by atomic mass is 10.1. The van der Waals surface area contributed by atoms with Crippen molar-refractivity contribution in [1.82, 2.24) is 10.2 Å². The minimum absolute atomic E-state index is 0.761. The monoisotopic (exact) mass is 354 g/mol. The SMILES string of the molecule is CC(C)CNCCCCCCN(C)Cc1ccc(Br)cc1. The molecule has 120 valence electrons. The Kier molecular flexibility index (Phi) is 9.98. The molecule has 0 aliphatic heterocycles. The van der Waals surface area contributed by atoms with E-state index in [0.29, 0.717) is 0 Å². The van der Waals surface area contributed by atoms with Gasteiger partial charge in [0.1, 0.15) is 0 Å². The van der Waals surface area contributed by atoms with Gasteiger partial charge in [-0.15, -0.1) is 0 Å². The molecule has 0 fully saturated rings. The van der Waals surface area contributed by atoms with Gasteiger partial charge in [0, 0.05) is 11.0 Å². The smallest absolute Gasteiger partial charge is 0.0230 e. The second-order valence-electron chi connectivity index (χ2n) is 6.38. The average molecular weight is 355 g/mol. The first-order valence-electron chi connectivity index (χ1n) is 8.21. The van der Waals surface area contributed by atoms with Crippen LogP contribution in [0.25, 0.3) is 0 Å². The number of nitrogens with one attached hydrogen (secondary N) is 1. The van der Waals surface area contributed by atoms with E-state index in [1.165, 1.54) is 44.3 Å². The quantitative estimate of drug-likeness (QED) is 0.580. The first kappa shape index (κ1) is 18.7. The van der Waals surface area contributed by atoms with Gasteiger partial charge in [-0.1, -0.05) is 54.8 Å². The average Bonchev–Trinajstić information content (AvgIpc) is 2.44. The molecule has 2 nitrogen and oxygen atoms in total. The molecular formula is C18H31BrN2. The zero-order valence-electron chi connectivity index (χ0n) is 13.9. The van der Waals surface area contributed by atoms with Crippen LogP contribution >= 0.6 is 15.9 Å². The molecule has 0 aliphatic rings. The third-order valence-electron chi connectivity index (χ3n) is 3.56. The van der Waals surface area contributed by atoms with Crippen LogP contribution in [0.1, 0.15) is 45.1 Å². The zero-order chi connectivity index (χ0) is 15.5. The van der Waals surface area contributed by atoms with Crippen LogP contribution in [-0.2, 0) is 6.54 Å². The summed E-state index contributed by atoms with van der Waals surface area (Å²) in [7, 11) is 2.21. The van der Waals surface area contributed by atoms with Crippen LogP contribution in [0.4, 0.5) is 0 Å². The third-order valence-corrected chi connectivity index (χ3v) is 4.09. The minimum atomic E-state index is 0.761. The molecule has 21 heavy (non-hydrogen) atoms. The molecule has 0 saturated heterocycles. The molecule has 0 bridgehead atoms. The Labute approximate surface area is 139 Å². The van der Waals surface area contributed by atoms with E-state index < -0.39 is 0 Å². The third kappa shape index (κ3) is 10.0. The summed E-state index contributed by atoms with van der Waals surface area (Å²) in [6.07, 6.45) is 5.30. The van der Waals surface area contributed by atoms with Crippen LogP contribution in [-0.4, -0.2) is 31.6 Å². The van der Waals surface area contributed by atoms with E-state index in [0.717, 1.165) is 23.5 Å². The Balaban J connectivity index is 1.98. The highest BCUT2D eigenvalue weighted by Gasteiger charge is 2.00. The summed E-state index contributed by atoms with van der Waals surface area (Å²) in [5.41, 5.74) is 1.39. The number of hydrogen-bond donors (Lipinski definition) is 1. The van der Waals surface area contributed by atoms with E-state index >= 15 is 0 Å². The molecule has 3 heteroatoms. The van der Waals surface area contributed by atoms with Gasteiger partial charge in [0.05, 0.1) is 0 Å². The summed E-state index contributed by atoms with van der Waals surface area (Å²) in [5.74, 6) is 0.761. The number of hydrogen-bond acceptors (Lipinski definition) is 2. The van der Waals surface area contributed by atoms with E-state index in [9.17, 15) is 0 Å². The first-order chi connectivity index (χ1) is 10.1. The summed E-state index contributed by atoms with van der Waals surface area (Å²) >= 11 is 3.48. The maximum atomic E-state index is 3.51. The van der Waals surface area contributed by atoms with E-state index in [4.69, 9.17) is 0 Å². The van der Waals surface area contributed by atoms with Crippen molar-refractivity contribution in [2.45, 2.75) is 46.1 Å². The Hall–Kier alpha value is -0.380. The summed E-state index contributed by atoms with van der Waals surface area (Å²) in [6.45, 7) is 9.07. The lowest BCUT2D eigenvalue weighted by Crippen LogP contribution is -2.21. The number of nitrogens with zero attached hydrogens (tertiary/aromatic N) is 1. The molecule has 1 aromatic rings. The van der Waals surface area contributed by atoms with Crippen molar-refractivity contribution in [2.24, 2.45) is 5.92 Å². The van der Waals surface area contributed by atoms with Crippen LogP contribution in [0.5, 0.6) is 0 Å². The van der Waals surface area contributed by atoms with Crippen molar-refractivity contribution < 1.29 is 0 Å². The predicted octanol–water partition coefficient (Wildman–Crippen LogP) is 4.69. The van der Waals surface area contributed by atoms with E-state index in [1.807, 2.05) is 0 Å². The Morgan fingerprint density at radius 1 is 1.05 bits per heavy atom. The number of halogens is 1. The lowest BCUT2D eigenvalue weighted by Gasteiger charge is -2.16. The highest BCUT2D eigenvalue weighted by atomic mass is 79.9. The molecule has 0 radical (unpaired) electrons. The molecule has 0 aromatic heterocycles. The molecule has 0 heterocycles. The topological polar surface area (TPSA) is 15.3 Å². The molecule has 0 unspecified atom stereocenters. The molecule has 0 amide bonds. The molecule has 0 aliphatic carbocycles. The van der Waals surface area contributed by atoms with E-state index in [2.05, 4.69) is 71.3 Å². The van der Waals surface area contributed by atoms with Gasteiger partial charge >= 0.3 is 0 Å². The van der Waals surface area contributed by atoms with Gasteiger partial charge in [-0.2, -0.15) is 0 Å². The summed E-state index contributed by atoms with van der Waals surface area (Å²) < 4.78 is 1.15. The molecule has 1 rings (SSSR count). The van der Waals surface area contributed by atoms with Crippen molar-refractivity contribution in [3.8, 4) is 0 Å². The largest absolute Gasteiger partial charge is 0.316 e. The number of rotatable bonds is 11. The van der Waals surface area contributed by atoms with Crippen LogP contribution in [0.15, 0.2) is 28.7 Å². The van der Waals surface area contributed by atoms with Crippen LogP contribution in [0.3, 0.4) is 0 Å². The van der Waals surface area contributed by atoms with Gasteiger partial charge in [0.25, 0.3) is 0 Å². The normalized spacial score (nSPS) is 11.5. The minimum Gasteiger partial charge on any atom is -0.316 e. The summed E-state index contributed by atoms with van der Waals surface area (Å²) in [4.78, 5) is 2.42. The highest BCUT2D eigenvalue weighted by molar-refractivity contribution is 9.10. The van der Waals surface area contributed by atoms with Gasteiger partial charge in [0.2, 0.25) is 0 Å². The first-order valence-corrected chi connectivity index (χ1v) is 9.01. The van der Waals surface area contributed by atoms with Crippen LogP contribution in [0, 0.1) is 5.92 Å². The highest BCUT2D eigenvalue weighted by Crippen LogP contribution is 2.12. The molecule has 0 atom stereocenters. The van der Waals surface area contributed by atoms with Gasteiger partial charge in [-0.25, -0.2) is 0 Å². The fourth-order valence-electron chi connectivity index (χ4n) is 2.36. The Morgan fingerprint density at radius 3 is 2.38 bits per heavy atom. The summed E-state index contributed by atoms with van der Waals surface area (Å²) in [6, 6.07) is 8.63. The predicted molar refractivity (Wildman–Crippen MR) is 96.7 cm³/mol. The molecule has 0 saturated carbocycles. The number of benzene rings is 1. The van der Waals surface area contributed by atoms with Gasteiger partial charge in [0.15, 0.2) is 0 Å². The standard InChI is InChI=1S/C18H31BrN2/c1-16(2)14-20-12-6-4-5-7-13-21(3)15-17-8-10-18(19)11-9-17/h8-11,16,20H,4-7,12-15H2,1-3H3. The van der Waals surface area contributed by atoms with Crippen molar-refractivity contribution in [3.05, 3.63) is 34.3 Å². The van der Waals surface area contributed by atoms with Gasteiger partial charge in [-0.05, 0) is 63.1 Å². The van der Waals surface area contributed by atoms with Crippen molar-refractivity contribution in [2.75, 3.05) is 26.7 Å².